The number of hydrogen-bond donors (Lipinski definition) is 1. The van der Waals surface area contributed by atoms with Gasteiger partial charge in [-0.3, -0.25) is 24.2 Å². The van der Waals surface area contributed by atoms with Crippen molar-refractivity contribution in [3.05, 3.63) is 79.5 Å². The zero-order valence-electron chi connectivity index (χ0n) is 23.9. The summed E-state index contributed by atoms with van der Waals surface area (Å²) in [6.07, 6.45) is -1.62. The SMILES string of the molecule is COc1cc([C@H]2C3=CC[C@@H]4C(=O)N(N(C)c5nc(C(F)(F)F)ccc5Cl)C(=O)[C@@H]4[C@@H]3CC3=C2C(=O)C=C(C)C3=O)cc(Br)c1O. The molecule has 0 radical (unpaired) electrons. The van der Waals surface area contributed by atoms with E-state index in [1.54, 1.807) is 18.2 Å². The lowest BCUT2D eigenvalue weighted by Crippen LogP contribution is -2.46. The molecule has 1 saturated heterocycles. The first-order valence-corrected chi connectivity index (χ1v) is 14.9. The molecule has 3 aliphatic carbocycles. The lowest BCUT2D eigenvalue weighted by atomic mass is 9.59. The molecule has 9 nitrogen and oxygen atoms in total. The summed E-state index contributed by atoms with van der Waals surface area (Å²) < 4.78 is 46.0. The number of Topliss-reactive ketones (excluding diaryl/α,β-unsaturated/α-hetero) is 1. The summed E-state index contributed by atoms with van der Waals surface area (Å²) in [5.74, 6) is -5.91. The monoisotopic (exact) mass is 705 g/mol. The number of ether oxygens (including phenoxy) is 1. The van der Waals surface area contributed by atoms with Crippen LogP contribution in [0, 0.1) is 17.8 Å². The zero-order chi connectivity index (χ0) is 32.7. The van der Waals surface area contributed by atoms with Crippen LogP contribution in [0.3, 0.4) is 0 Å². The Hall–Kier alpha value is -3.97. The van der Waals surface area contributed by atoms with Crippen molar-refractivity contribution in [3.8, 4) is 11.5 Å². The molecule has 1 aliphatic heterocycles. The second-order valence-electron chi connectivity index (χ2n) is 11.3. The molecule has 234 valence electrons. The van der Waals surface area contributed by atoms with Crippen molar-refractivity contribution in [2.24, 2.45) is 17.8 Å². The summed E-state index contributed by atoms with van der Waals surface area (Å²) in [6, 6.07) is 4.85. The van der Waals surface area contributed by atoms with Gasteiger partial charge in [0.2, 0.25) is 0 Å². The Morgan fingerprint density at radius 3 is 2.51 bits per heavy atom. The number of aromatic nitrogens is 1. The second-order valence-corrected chi connectivity index (χ2v) is 12.6. The van der Waals surface area contributed by atoms with E-state index in [-0.39, 0.29) is 62.1 Å². The van der Waals surface area contributed by atoms with E-state index in [9.17, 15) is 37.5 Å². The van der Waals surface area contributed by atoms with Crippen LogP contribution in [0.1, 0.15) is 36.9 Å². The maximum absolute atomic E-state index is 14.1. The quantitative estimate of drug-likeness (QED) is 0.244. The van der Waals surface area contributed by atoms with Gasteiger partial charge in [0.1, 0.15) is 5.69 Å². The number of allylic oxidation sites excluding steroid dienone is 6. The minimum Gasteiger partial charge on any atom is -0.503 e. The molecule has 2 heterocycles. The van der Waals surface area contributed by atoms with Crippen LogP contribution in [-0.4, -0.2) is 52.6 Å². The number of anilines is 1. The normalized spacial score (nSPS) is 24.7. The number of hydrazine groups is 1. The number of ketones is 2. The first kappa shape index (κ1) is 31.0. The van der Waals surface area contributed by atoms with E-state index in [0.29, 0.717) is 17.2 Å². The van der Waals surface area contributed by atoms with Gasteiger partial charge in [-0.25, -0.2) is 4.98 Å². The fourth-order valence-corrected chi connectivity index (χ4v) is 7.55. The highest BCUT2D eigenvalue weighted by atomic mass is 79.9. The third-order valence-corrected chi connectivity index (χ3v) is 9.77. The number of methoxy groups -OCH3 is 1. The van der Waals surface area contributed by atoms with Crippen molar-refractivity contribution in [2.45, 2.75) is 31.9 Å². The highest BCUT2D eigenvalue weighted by Crippen LogP contribution is 2.56. The Kier molecular flexibility index (Phi) is 7.47. The van der Waals surface area contributed by atoms with Crippen LogP contribution < -0.4 is 9.75 Å². The topological polar surface area (TPSA) is 117 Å². The molecule has 45 heavy (non-hydrogen) atoms. The van der Waals surface area contributed by atoms with Crippen LogP contribution in [0.5, 0.6) is 11.5 Å². The molecular weight excluding hydrogens is 683 g/mol. The summed E-state index contributed by atoms with van der Waals surface area (Å²) >= 11 is 9.51. The number of nitrogens with zero attached hydrogens (tertiary/aromatic N) is 3. The van der Waals surface area contributed by atoms with E-state index >= 15 is 0 Å². The number of fused-ring (bicyclic) bond motifs is 3. The van der Waals surface area contributed by atoms with Crippen LogP contribution in [0.4, 0.5) is 19.0 Å². The summed E-state index contributed by atoms with van der Waals surface area (Å²) in [5, 5.41) is 11.9. The van der Waals surface area contributed by atoms with Gasteiger partial charge < -0.3 is 9.84 Å². The van der Waals surface area contributed by atoms with Gasteiger partial charge in [-0.1, -0.05) is 23.3 Å². The third kappa shape index (κ3) is 4.78. The van der Waals surface area contributed by atoms with Crippen LogP contribution in [0.25, 0.3) is 0 Å². The van der Waals surface area contributed by atoms with E-state index in [2.05, 4.69) is 20.9 Å². The smallest absolute Gasteiger partial charge is 0.433 e. The highest BCUT2D eigenvalue weighted by molar-refractivity contribution is 9.10. The minimum absolute atomic E-state index is 0.00408. The maximum atomic E-state index is 14.1. The molecule has 4 aliphatic rings. The molecule has 1 aromatic heterocycles. The van der Waals surface area contributed by atoms with Crippen LogP contribution >= 0.6 is 27.5 Å². The molecule has 6 rings (SSSR count). The number of pyridine rings is 1. The number of phenolic OH excluding ortho intramolecular Hbond substituents is 1. The van der Waals surface area contributed by atoms with Gasteiger partial charge in [-0.15, -0.1) is 0 Å². The van der Waals surface area contributed by atoms with Gasteiger partial charge in [0.05, 0.1) is 28.4 Å². The molecule has 4 atom stereocenters. The number of phenols is 1. The summed E-state index contributed by atoms with van der Waals surface area (Å²) in [5.41, 5.74) is 0.621. The maximum Gasteiger partial charge on any atom is 0.433 e. The van der Waals surface area contributed by atoms with Crippen molar-refractivity contribution >= 4 is 56.7 Å². The Morgan fingerprint density at radius 1 is 1.13 bits per heavy atom. The summed E-state index contributed by atoms with van der Waals surface area (Å²) in [6.45, 7) is 1.53. The van der Waals surface area contributed by atoms with E-state index in [1.807, 2.05) is 0 Å². The molecule has 1 N–H and O–H groups in total. The average Bonchev–Trinajstić information content (AvgIpc) is 3.24. The van der Waals surface area contributed by atoms with Gasteiger partial charge in [-0.05, 0) is 77.5 Å². The van der Waals surface area contributed by atoms with E-state index in [0.717, 1.165) is 16.1 Å². The third-order valence-electron chi connectivity index (χ3n) is 8.87. The predicted molar refractivity (Wildman–Crippen MR) is 158 cm³/mol. The molecule has 1 fully saturated rings. The van der Waals surface area contributed by atoms with Crippen molar-refractivity contribution in [1.82, 2.24) is 9.99 Å². The number of benzene rings is 1. The number of carbonyl (C=O) groups is 4. The Balaban J connectivity index is 1.45. The van der Waals surface area contributed by atoms with Crippen molar-refractivity contribution in [2.75, 3.05) is 19.2 Å². The van der Waals surface area contributed by atoms with Gasteiger partial charge in [0.25, 0.3) is 11.8 Å². The van der Waals surface area contributed by atoms with E-state index < -0.39 is 53.2 Å². The molecule has 14 heteroatoms. The molecule has 0 spiro atoms. The fourth-order valence-electron chi connectivity index (χ4n) is 6.87. The minimum atomic E-state index is -4.79. The predicted octanol–water partition coefficient (Wildman–Crippen LogP) is 5.71. The van der Waals surface area contributed by atoms with Gasteiger partial charge in [-0.2, -0.15) is 18.2 Å². The number of rotatable bonds is 4. The number of imide groups is 1. The lowest BCUT2D eigenvalue weighted by molar-refractivity contribution is -0.141. The number of hydrogen-bond acceptors (Lipinski definition) is 8. The molecule has 0 bridgehead atoms. The lowest BCUT2D eigenvalue weighted by Gasteiger charge is -2.42. The molecule has 0 saturated carbocycles. The Labute approximate surface area is 268 Å². The molecule has 0 unspecified atom stereocenters. The second kappa shape index (κ2) is 10.8. The summed E-state index contributed by atoms with van der Waals surface area (Å²) in [4.78, 5) is 58.4. The highest BCUT2D eigenvalue weighted by Gasteiger charge is 2.57. The number of halogens is 5. The fraction of sp³-hybridized carbons (Fsp3) is 0.323. The first-order valence-electron chi connectivity index (χ1n) is 13.8. The number of aromatic hydroxyl groups is 1. The molecule has 2 aromatic rings. The Bertz CT molecular complexity index is 1820. The summed E-state index contributed by atoms with van der Waals surface area (Å²) in [7, 11) is 2.60. The number of alkyl halides is 3. The van der Waals surface area contributed by atoms with Gasteiger partial charge >= 0.3 is 6.18 Å². The van der Waals surface area contributed by atoms with Crippen LogP contribution in [0.2, 0.25) is 5.02 Å². The van der Waals surface area contributed by atoms with Crippen molar-refractivity contribution < 1.29 is 42.2 Å². The first-order chi connectivity index (χ1) is 21.1. The molecule has 2 amide bonds. The van der Waals surface area contributed by atoms with Crippen LogP contribution in [0.15, 0.2) is 63.2 Å². The molecule has 1 aromatic carbocycles. The van der Waals surface area contributed by atoms with Gasteiger partial charge in [0, 0.05) is 29.7 Å². The number of amides is 2. The van der Waals surface area contributed by atoms with Gasteiger partial charge in [0.15, 0.2) is 28.9 Å². The largest absolute Gasteiger partial charge is 0.503 e. The van der Waals surface area contributed by atoms with Crippen molar-refractivity contribution in [1.29, 1.82) is 0 Å². The average molecular weight is 707 g/mol. The Morgan fingerprint density at radius 2 is 1.84 bits per heavy atom. The number of carbonyl (C=O) groups excluding carboxylic acids is 4. The standard InChI is InChI=1S/C31H24BrClF3N3O6/c1-12-8-20(40)25-17(26(12)41)11-16-14(23(25)13-9-18(32)27(42)21(10-13)45-3)4-5-15-24(16)30(44)39(29(15)43)38(2)28-19(33)6-7-22(37-28)31(34,35)36/h4,6-10,15-16,23-24,42H,5,11H2,1-3H3/t15-,16+,23-,24-/m0/s1. The van der Waals surface area contributed by atoms with Crippen LogP contribution in [-0.2, 0) is 25.4 Å². The zero-order valence-corrected chi connectivity index (χ0v) is 26.2. The van der Waals surface area contributed by atoms with Crippen molar-refractivity contribution in [3.63, 3.8) is 0 Å². The van der Waals surface area contributed by atoms with E-state index in [1.165, 1.54) is 27.2 Å². The molecular formula is C31H24BrClF3N3O6. The van der Waals surface area contributed by atoms with E-state index in [4.69, 9.17) is 16.3 Å².